The minimum Gasteiger partial charge on any atom is -0.338 e. The fourth-order valence-electron chi connectivity index (χ4n) is 1.53. The molecule has 0 radical (unpaired) electrons. The van der Waals surface area contributed by atoms with Gasteiger partial charge in [-0.25, -0.2) is 0 Å². The largest absolute Gasteiger partial charge is 0.338 e. The minimum absolute atomic E-state index is 0.447. The van der Waals surface area contributed by atoms with E-state index < -0.39 is 0 Å². The molecule has 0 saturated heterocycles. The molecular formula is C14H18ClN3OS. The summed E-state index contributed by atoms with van der Waals surface area (Å²) in [6.45, 7) is 4.88. The summed E-state index contributed by atoms with van der Waals surface area (Å²) in [6.07, 6.45) is 1.07. The van der Waals surface area contributed by atoms with Gasteiger partial charge in [0.1, 0.15) is 0 Å². The van der Waals surface area contributed by atoms with Crippen molar-refractivity contribution in [2.75, 3.05) is 0 Å². The molecule has 1 aromatic carbocycles. The number of nitrogens with zero attached hydrogens (tertiary/aromatic N) is 2. The van der Waals surface area contributed by atoms with Crippen LogP contribution >= 0.6 is 23.4 Å². The Hall–Kier alpha value is -1.04. The maximum Gasteiger partial charge on any atom is 0.240 e. The van der Waals surface area contributed by atoms with Crippen molar-refractivity contribution in [2.45, 2.75) is 43.5 Å². The molecule has 1 aromatic heterocycles. The fourth-order valence-corrected chi connectivity index (χ4v) is 2.61. The van der Waals surface area contributed by atoms with Gasteiger partial charge in [-0.15, -0.1) is 11.8 Å². The lowest BCUT2D eigenvalue weighted by Crippen LogP contribution is -2.24. The van der Waals surface area contributed by atoms with Gasteiger partial charge in [0.25, 0.3) is 0 Å². The van der Waals surface area contributed by atoms with E-state index in [0.29, 0.717) is 30.1 Å². The minimum atomic E-state index is 0.447. The average molecular weight is 312 g/mol. The second-order valence-electron chi connectivity index (χ2n) is 4.51. The van der Waals surface area contributed by atoms with Crippen molar-refractivity contribution in [3.05, 3.63) is 41.0 Å². The first-order valence-electron chi connectivity index (χ1n) is 6.61. The van der Waals surface area contributed by atoms with Crippen LogP contribution in [-0.4, -0.2) is 16.2 Å². The molecule has 1 heterocycles. The van der Waals surface area contributed by atoms with E-state index in [1.165, 1.54) is 0 Å². The molecule has 0 aliphatic carbocycles. The van der Waals surface area contributed by atoms with Crippen molar-refractivity contribution in [1.82, 2.24) is 15.5 Å². The third kappa shape index (κ3) is 4.51. The molecule has 1 unspecified atom stereocenters. The first-order chi connectivity index (χ1) is 9.69. The molecule has 1 atom stereocenters. The standard InChI is InChI=1S/C14H18ClN3OS/c1-3-10(2)16-8-14-17-13(18-19-14)9-20-12-7-5-4-6-11(12)15/h4-7,10,16H,3,8-9H2,1-2H3. The van der Waals surface area contributed by atoms with E-state index >= 15 is 0 Å². The van der Waals surface area contributed by atoms with Gasteiger partial charge in [0, 0.05) is 10.9 Å². The number of hydrogen-bond acceptors (Lipinski definition) is 5. The monoisotopic (exact) mass is 311 g/mol. The summed E-state index contributed by atoms with van der Waals surface area (Å²) in [5, 5.41) is 8.04. The van der Waals surface area contributed by atoms with Crippen LogP contribution in [0.5, 0.6) is 0 Å². The summed E-state index contributed by atoms with van der Waals surface area (Å²) in [6, 6.07) is 8.19. The van der Waals surface area contributed by atoms with E-state index in [0.717, 1.165) is 16.3 Å². The molecular weight excluding hydrogens is 294 g/mol. The maximum absolute atomic E-state index is 6.10. The van der Waals surface area contributed by atoms with Gasteiger partial charge in [0.05, 0.1) is 17.3 Å². The van der Waals surface area contributed by atoms with Gasteiger partial charge in [-0.1, -0.05) is 35.8 Å². The molecule has 0 aliphatic heterocycles. The highest BCUT2D eigenvalue weighted by atomic mass is 35.5. The number of thioether (sulfide) groups is 1. The van der Waals surface area contributed by atoms with Crippen LogP contribution in [0.1, 0.15) is 32.0 Å². The molecule has 6 heteroatoms. The Morgan fingerprint density at radius 3 is 2.95 bits per heavy atom. The average Bonchev–Trinajstić information content (AvgIpc) is 2.92. The third-order valence-electron chi connectivity index (χ3n) is 2.92. The summed E-state index contributed by atoms with van der Waals surface area (Å²) in [5.41, 5.74) is 0. The zero-order valence-electron chi connectivity index (χ0n) is 11.6. The predicted molar refractivity (Wildman–Crippen MR) is 81.9 cm³/mol. The number of rotatable bonds is 7. The fraction of sp³-hybridized carbons (Fsp3) is 0.429. The quantitative estimate of drug-likeness (QED) is 0.786. The molecule has 2 aromatic rings. The van der Waals surface area contributed by atoms with Crippen LogP contribution < -0.4 is 5.32 Å². The molecule has 0 spiro atoms. The first-order valence-corrected chi connectivity index (χ1v) is 7.97. The molecule has 0 amide bonds. The molecule has 0 fully saturated rings. The Kier molecular flexibility index (Phi) is 5.88. The Morgan fingerprint density at radius 1 is 1.40 bits per heavy atom. The topological polar surface area (TPSA) is 51.0 Å². The van der Waals surface area contributed by atoms with Crippen molar-refractivity contribution < 1.29 is 4.52 Å². The molecule has 4 nitrogen and oxygen atoms in total. The van der Waals surface area contributed by atoms with Gasteiger partial charge < -0.3 is 9.84 Å². The Labute approximate surface area is 128 Å². The van der Waals surface area contributed by atoms with E-state index in [2.05, 4.69) is 29.3 Å². The molecule has 108 valence electrons. The maximum atomic E-state index is 6.10. The third-order valence-corrected chi connectivity index (χ3v) is 4.43. The number of halogens is 1. The second kappa shape index (κ2) is 7.67. The van der Waals surface area contributed by atoms with Gasteiger partial charge in [-0.05, 0) is 25.5 Å². The zero-order valence-corrected chi connectivity index (χ0v) is 13.2. The Balaban J connectivity index is 1.85. The Bertz CT molecular complexity index is 547. The van der Waals surface area contributed by atoms with Crippen molar-refractivity contribution in [3.63, 3.8) is 0 Å². The van der Waals surface area contributed by atoms with Gasteiger partial charge in [0.2, 0.25) is 5.89 Å². The lowest BCUT2D eigenvalue weighted by Gasteiger charge is -2.07. The molecule has 0 saturated carbocycles. The molecule has 1 N–H and O–H groups in total. The summed E-state index contributed by atoms with van der Waals surface area (Å²) in [7, 11) is 0. The van der Waals surface area contributed by atoms with Gasteiger partial charge in [-0.3, -0.25) is 0 Å². The number of aromatic nitrogens is 2. The van der Waals surface area contributed by atoms with Crippen molar-refractivity contribution in [3.8, 4) is 0 Å². The lowest BCUT2D eigenvalue weighted by molar-refractivity contribution is 0.355. The highest BCUT2D eigenvalue weighted by Gasteiger charge is 2.08. The van der Waals surface area contributed by atoms with Crippen LogP contribution in [0, 0.1) is 0 Å². The number of hydrogen-bond donors (Lipinski definition) is 1. The van der Waals surface area contributed by atoms with Crippen LogP contribution in [0.25, 0.3) is 0 Å². The molecule has 0 bridgehead atoms. The highest BCUT2D eigenvalue weighted by molar-refractivity contribution is 7.98. The summed E-state index contributed by atoms with van der Waals surface area (Å²) in [5.74, 6) is 1.97. The van der Waals surface area contributed by atoms with Gasteiger partial charge in [0.15, 0.2) is 5.82 Å². The summed E-state index contributed by atoms with van der Waals surface area (Å²) >= 11 is 7.71. The van der Waals surface area contributed by atoms with E-state index in [-0.39, 0.29) is 0 Å². The summed E-state index contributed by atoms with van der Waals surface area (Å²) < 4.78 is 5.21. The second-order valence-corrected chi connectivity index (χ2v) is 5.94. The normalized spacial score (nSPS) is 12.6. The van der Waals surface area contributed by atoms with Crippen LogP contribution in [-0.2, 0) is 12.3 Å². The lowest BCUT2D eigenvalue weighted by atomic mass is 10.3. The van der Waals surface area contributed by atoms with Crippen LogP contribution in [0.3, 0.4) is 0 Å². The molecule has 20 heavy (non-hydrogen) atoms. The number of benzene rings is 1. The SMILES string of the molecule is CCC(C)NCc1nc(CSc2ccccc2Cl)no1. The smallest absolute Gasteiger partial charge is 0.240 e. The van der Waals surface area contributed by atoms with E-state index in [9.17, 15) is 0 Å². The Morgan fingerprint density at radius 2 is 2.20 bits per heavy atom. The van der Waals surface area contributed by atoms with Crippen LogP contribution in [0.15, 0.2) is 33.7 Å². The zero-order chi connectivity index (χ0) is 14.4. The van der Waals surface area contributed by atoms with Crippen LogP contribution in [0.4, 0.5) is 0 Å². The van der Waals surface area contributed by atoms with E-state index in [1.807, 2.05) is 24.3 Å². The number of nitrogens with one attached hydrogen (secondary N) is 1. The van der Waals surface area contributed by atoms with Crippen molar-refractivity contribution in [1.29, 1.82) is 0 Å². The first kappa shape index (κ1) is 15.4. The molecule has 2 rings (SSSR count). The van der Waals surface area contributed by atoms with E-state index in [4.69, 9.17) is 16.1 Å². The van der Waals surface area contributed by atoms with Crippen molar-refractivity contribution in [2.24, 2.45) is 0 Å². The molecule has 0 aliphatic rings. The van der Waals surface area contributed by atoms with Gasteiger partial charge >= 0.3 is 0 Å². The summed E-state index contributed by atoms with van der Waals surface area (Å²) in [4.78, 5) is 5.38. The van der Waals surface area contributed by atoms with Gasteiger partial charge in [-0.2, -0.15) is 4.98 Å². The predicted octanol–water partition coefficient (Wildman–Crippen LogP) is 3.90. The van der Waals surface area contributed by atoms with E-state index in [1.54, 1.807) is 11.8 Å². The van der Waals surface area contributed by atoms with Crippen molar-refractivity contribution >= 4 is 23.4 Å². The van der Waals surface area contributed by atoms with Crippen LogP contribution in [0.2, 0.25) is 5.02 Å². The highest BCUT2D eigenvalue weighted by Crippen LogP contribution is 2.28.